The Hall–Kier alpha value is -2.17. The summed E-state index contributed by atoms with van der Waals surface area (Å²) in [5.74, 6) is 1.44. The van der Waals surface area contributed by atoms with Crippen LogP contribution in [0, 0.1) is 0 Å². The van der Waals surface area contributed by atoms with E-state index in [9.17, 15) is 0 Å². The van der Waals surface area contributed by atoms with Gasteiger partial charge in [-0.25, -0.2) is 9.67 Å². The molecule has 0 bridgehead atoms. The summed E-state index contributed by atoms with van der Waals surface area (Å²) < 4.78 is 1.85. The van der Waals surface area contributed by atoms with Crippen LogP contribution in [0.2, 0.25) is 5.02 Å². The van der Waals surface area contributed by atoms with Gasteiger partial charge in [0.05, 0.1) is 6.20 Å². The lowest BCUT2D eigenvalue weighted by molar-refractivity contribution is 0.202. The Kier molecular flexibility index (Phi) is 5.55. The van der Waals surface area contributed by atoms with Gasteiger partial charge in [-0.15, -0.1) is 0 Å². The fourth-order valence-corrected chi connectivity index (χ4v) is 4.23. The van der Waals surface area contributed by atoms with Crippen LogP contribution in [0.1, 0.15) is 43.2 Å². The van der Waals surface area contributed by atoms with Crippen molar-refractivity contribution in [1.82, 2.24) is 19.7 Å². The van der Waals surface area contributed by atoms with Crippen LogP contribution in [0.4, 0.5) is 0 Å². The third kappa shape index (κ3) is 4.40. The van der Waals surface area contributed by atoms with Crippen molar-refractivity contribution < 1.29 is 0 Å². The smallest absolute Gasteiger partial charge is 0.153 e. The van der Waals surface area contributed by atoms with Crippen molar-refractivity contribution in [3.05, 3.63) is 77.2 Å². The molecule has 5 heteroatoms. The first kappa shape index (κ1) is 18.2. The van der Waals surface area contributed by atoms with Gasteiger partial charge in [-0.1, -0.05) is 29.8 Å². The van der Waals surface area contributed by atoms with Gasteiger partial charge in [0, 0.05) is 35.6 Å². The Balaban J connectivity index is 1.44. The average molecular weight is 381 g/mol. The van der Waals surface area contributed by atoms with E-state index >= 15 is 0 Å². The van der Waals surface area contributed by atoms with Crippen molar-refractivity contribution in [3.63, 3.8) is 0 Å². The lowest BCUT2D eigenvalue weighted by Crippen LogP contribution is -2.32. The molecule has 140 valence electrons. The predicted molar refractivity (Wildman–Crippen MR) is 109 cm³/mol. The number of likely N-dealkylation sites (tertiary alicyclic amines) is 1. The highest BCUT2D eigenvalue weighted by Gasteiger charge is 2.24. The first-order valence-electron chi connectivity index (χ1n) is 9.63. The molecule has 0 aliphatic carbocycles. The van der Waals surface area contributed by atoms with E-state index in [4.69, 9.17) is 11.6 Å². The second-order valence-electron chi connectivity index (χ2n) is 7.43. The molecule has 2 aromatic heterocycles. The minimum absolute atomic E-state index is 0.523. The maximum atomic E-state index is 6.21. The molecule has 2 atom stereocenters. The van der Waals surface area contributed by atoms with Crippen LogP contribution >= 0.6 is 11.6 Å². The first-order valence-corrected chi connectivity index (χ1v) is 10.0. The number of pyridine rings is 1. The van der Waals surface area contributed by atoms with Gasteiger partial charge >= 0.3 is 0 Å². The first-order chi connectivity index (χ1) is 13.2. The summed E-state index contributed by atoms with van der Waals surface area (Å²) >= 11 is 6.21. The van der Waals surface area contributed by atoms with Crippen LogP contribution < -0.4 is 0 Å². The topological polar surface area (TPSA) is 34.0 Å². The van der Waals surface area contributed by atoms with Crippen molar-refractivity contribution in [3.8, 4) is 5.82 Å². The van der Waals surface area contributed by atoms with Crippen LogP contribution in [-0.2, 0) is 6.54 Å². The van der Waals surface area contributed by atoms with Crippen molar-refractivity contribution in [2.75, 3.05) is 6.54 Å². The molecule has 0 N–H and O–H groups in total. The molecular weight excluding hydrogens is 356 g/mol. The van der Waals surface area contributed by atoms with E-state index in [0.29, 0.717) is 12.0 Å². The van der Waals surface area contributed by atoms with Crippen molar-refractivity contribution in [2.45, 2.75) is 44.7 Å². The Morgan fingerprint density at radius 1 is 1.19 bits per heavy atom. The number of benzene rings is 1. The van der Waals surface area contributed by atoms with Crippen molar-refractivity contribution >= 4 is 11.6 Å². The lowest BCUT2D eigenvalue weighted by Gasteiger charge is -2.27. The van der Waals surface area contributed by atoms with Crippen LogP contribution in [0.3, 0.4) is 0 Å². The van der Waals surface area contributed by atoms with Gasteiger partial charge in [0.2, 0.25) is 0 Å². The fraction of sp³-hybridized carbons (Fsp3) is 0.364. The summed E-state index contributed by atoms with van der Waals surface area (Å²) in [5, 5.41) is 5.32. The fourth-order valence-electron chi connectivity index (χ4n) is 4.03. The number of halogens is 1. The monoisotopic (exact) mass is 380 g/mol. The lowest BCUT2D eigenvalue weighted by atomic mass is 9.90. The summed E-state index contributed by atoms with van der Waals surface area (Å²) in [6.45, 7) is 4.38. The Morgan fingerprint density at radius 2 is 2.11 bits per heavy atom. The molecule has 0 unspecified atom stereocenters. The summed E-state index contributed by atoms with van der Waals surface area (Å²) in [6.07, 6.45) is 9.43. The molecule has 4 nitrogen and oxygen atoms in total. The van der Waals surface area contributed by atoms with E-state index in [-0.39, 0.29) is 0 Å². The molecule has 27 heavy (non-hydrogen) atoms. The second kappa shape index (κ2) is 8.24. The zero-order valence-corrected chi connectivity index (χ0v) is 16.4. The largest absolute Gasteiger partial charge is 0.296 e. The van der Waals surface area contributed by atoms with Crippen LogP contribution in [0.25, 0.3) is 5.82 Å². The van der Waals surface area contributed by atoms with Gasteiger partial charge < -0.3 is 0 Å². The molecule has 1 saturated heterocycles. The van der Waals surface area contributed by atoms with Crippen molar-refractivity contribution in [1.29, 1.82) is 0 Å². The standard InChI is InChI=1S/C22H25ClN4/c1-17-12-19(20-6-4-8-21(23)13-20)7-5-11-26(17)15-18-14-25-27(16-18)22-9-2-3-10-24-22/h2-4,6,8-10,13-14,16-17,19H,5,7,11-12,15H2,1H3/t17-,19+/m0/s1. The van der Waals surface area contributed by atoms with Gasteiger partial charge in [0.15, 0.2) is 5.82 Å². The quantitative estimate of drug-likeness (QED) is 0.633. The number of rotatable bonds is 4. The molecule has 0 radical (unpaired) electrons. The van der Waals surface area contributed by atoms with Crippen molar-refractivity contribution in [2.24, 2.45) is 0 Å². The number of hydrogen-bond acceptors (Lipinski definition) is 3. The molecule has 1 aliphatic heterocycles. The van der Waals surface area contributed by atoms with E-state index < -0.39 is 0 Å². The van der Waals surface area contributed by atoms with E-state index in [1.54, 1.807) is 6.20 Å². The van der Waals surface area contributed by atoms with Gasteiger partial charge in [-0.05, 0) is 68.5 Å². The Labute approximate surface area is 165 Å². The summed E-state index contributed by atoms with van der Waals surface area (Å²) in [6, 6.07) is 14.8. The van der Waals surface area contributed by atoms with Crippen LogP contribution in [0.15, 0.2) is 61.1 Å². The molecule has 0 saturated carbocycles. The number of nitrogens with zero attached hydrogens (tertiary/aromatic N) is 4. The number of aromatic nitrogens is 3. The molecule has 3 aromatic rings. The maximum absolute atomic E-state index is 6.21. The molecule has 1 aromatic carbocycles. The third-order valence-electron chi connectivity index (χ3n) is 5.47. The Bertz CT molecular complexity index is 877. The van der Waals surface area contributed by atoms with Gasteiger partial charge in [-0.2, -0.15) is 5.10 Å². The molecule has 0 amide bonds. The van der Waals surface area contributed by atoms with Gasteiger partial charge in [0.25, 0.3) is 0 Å². The minimum Gasteiger partial charge on any atom is -0.296 e. The van der Waals surface area contributed by atoms with Gasteiger partial charge in [-0.3, -0.25) is 4.90 Å². The van der Waals surface area contributed by atoms with Gasteiger partial charge in [0.1, 0.15) is 0 Å². The molecule has 4 rings (SSSR count). The van der Waals surface area contributed by atoms with Crippen LogP contribution in [-0.4, -0.2) is 32.3 Å². The zero-order valence-electron chi connectivity index (χ0n) is 15.6. The van der Waals surface area contributed by atoms with E-state index in [2.05, 4.69) is 46.3 Å². The average Bonchev–Trinajstić information content (AvgIpc) is 3.07. The van der Waals surface area contributed by atoms with E-state index in [1.165, 1.54) is 24.0 Å². The Morgan fingerprint density at radius 3 is 2.93 bits per heavy atom. The molecule has 0 spiro atoms. The predicted octanol–water partition coefficient (Wildman–Crippen LogP) is 5.08. The normalized spacial score (nSPS) is 21.1. The number of hydrogen-bond donors (Lipinski definition) is 0. The van der Waals surface area contributed by atoms with E-state index in [1.807, 2.05) is 35.1 Å². The maximum Gasteiger partial charge on any atom is 0.153 e. The highest BCUT2D eigenvalue weighted by molar-refractivity contribution is 6.30. The highest BCUT2D eigenvalue weighted by Crippen LogP contribution is 2.32. The molecule has 1 aliphatic rings. The molecular formula is C22H25ClN4. The minimum atomic E-state index is 0.523. The zero-order chi connectivity index (χ0) is 18.6. The summed E-state index contributed by atoms with van der Waals surface area (Å²) in [7, 11) is 0. The second-order valence-corrected chi connectivity index (χ2v) is 7.87. The molecule has 1 fully saturated rings. The molecule has 3 heterocycles. The highest BCUT2D eigenvalue weighted by atomic mass is 35.5. The summed E-state index contributed by atoms with van der Waals surface area (Å²) in [4.78, 5) is 6.94. The summed E-state index contributed by atoms with van der Waals surface area (Å²) in [5.41, 5.74) is 2.60. The third-order valence-corrected chi connectivity index (χ3v) is 5.71. The van der Waals surface area contributed by atoms with Crippen LogP contribution in [0.5, 0.6) is 0 Å². The van der Waals surface area contributed by atoms with E-state index in [0.717, 1.165) is 30.4 Å². The SMILES string of the molecule is C[C@H]1C[C@H](c2cccc(Cl)c2)CCCN1Cc1cnn(-c2ccccn2)c1.